The molecule has 3 N–H and O–H groups in total. The number of aromatic amines is 1. The van der Waals surface area contributed by atoms with Gasteiger partial charge in [0, 0.05) is 6.20 Å². The van der Waals surface area contributed by atoms with Gasteiger partial charge in [0.15, 0.2) is 0 Å². The number of piperidine rings is 1. The molecule has 0 aliphatic carbocycles. The molecule has 16 heavy (non-hydrogen) atoms. The minimum atomic E-state index is -0.514. The minimum Gasteiger partial charge on any atom is -0.393 e. The number of aromatic nitrogens is 2. The molecule has 0 saturated carbocycles. The highest BCUT2D eigenvalue weighted by molar-refractivity contribution is 5.30. The van der Waals surface area contributed by atoms with Gasteiger partial charge in [-0.1, -0.05) is 0 Å². The van der Waals surface area contributed by atoms with E-state index < -0.39 is 11.2 Å². The molecule has 1 saturated heterocycles. The highest BCUT2D eigenvalue weighted by Crippen LogP contribution is 2.22. The fourth-order valence-electron chi connectivity index (χ4n) is 2.13. The molecule has 0 aromatic carbocycles. The van der Waals surface area contributed by atoms with Gasteiger partial charge in [-0.15, -0.1) is 0 Å². The number of nitrogens with zero attached hydrogens (tertiary/aromatic N) is 2. The summed E-state index contributed by atoms with van der Waals surface area (Å²) in [5.74, 6) is 0. The molecular weight excluding hydrogens is 208 g/mol. The molecule has 0 bridgehead atoms. The van der Waals surface area contributed by atoms with Crippen LogP contribution in [0, 0.1) is 0 Å². The highest BCUT2D eigenvalue weighted by Gasteiger charge is 2.21. The maximum absolute atomic E-state index is 11.7. The van der Waals surface area contributed by atoms with Crippen molar-refractivity contribution in [1.29, 1.82) is 0 Å². The summed E-state index contributed by atoms with van der Waals surface area (Å²) >= 11 is 0. The number of rotatable bonds is 1. The van der Waals surface area contributed by atoms with Crippen LogP contribution in [0.4, 0.5) is 5.69 Å². The third kappa shape index (κ3) is 1.88. The molecule has 6 heteroatoms. The minimum absolute atomic E-state index is 0.000370. The van der Waals surface area contributed by atoms with E-state index in [-0.39, 0.29) is 11.9 Å². The number of hydrogen-bond acceptors (Lipinski definition) is 4. The highest BCUT2D eigenvalue weighted by atomic mass is 16.2. The van der Waals surface area contributed by atoms with Crippen molar-refractivity contribution < 1.29 is 0 Å². The zero-order valence-corrected chi connectivity index (χ0v) is 9.27. The molecule has 1 unspecified atom stereocenters. The standard InChI is InChI=1S/C10H16N4O2/c1-13-5-3-2-4-8(13)14-6-7(11)9(15)12-10(14)16/h6,8H,2-5,11H2,1H3,(H,12,15,16). The van der Waals surface area contributed by atoms with Crippen molar-refractivity contribution in [2.75, 3.05) is 19.3 Å². The summed E-state index contributed by atoms with van der Waals surface area (Å²) in [6.45, 7) is 0.955. The summed E-state index contributed by atoms with van der Waals surface area (Å²) in [5.41, 5.74) is 4.70. The van der Waals surface area contributed by atoms with Crippen LogP contribution in [-0.2, 0) is 0 Å². The average molecular weight is 224 g/mol. The zero-order valence-electron chi connectivity index (χ0n) is 9.27. The molecule has 1 atom stereocenters. The molecule has 2 heterocycles. The van der Waals surface area contributed by atoms with Gasteiger partial charge in [-0.3, -0.25) is 19.2 Å². The summed E-state index contributed by atoms with van der Waals surface area (Å²) in [7, 11) is 1.97. The van der Waals surface area contributed by atoms with Gasteiger partial charge in [0.05, 0.1) is 6.17 Å². The first kappa shape index (κ1) is 10.9. The largest absolute Gasteiger partial charge is 0.393 e. The fraction of sp³-hybridized carbons (Fsp3) is 0.600. The maximum atomic E-state index is 11.7. The first-order valence-corrected chi connectivity index (χ1v) is 5.41. The molecule has 0 radical (unpaired) electrons. The number of anilines is 1. The van der Waals surface area contributed by atoms with E-state index in [4.69, 9.17) is 5.73 Å². The molecule has 1 aromatic heterocycles. The molecule has 2 rings (SSSR count). The second-order valence-electron chi connectivity index (χ2n) is 4.21. The molecule has 6 nitrogen and oxygen atoms in total. The van der Waals surface area contributed by atoms with Gasteiger partial charge in [0.25, 0.3) is 5.56 Å². The first-order chi connectivity index (χ1) is 7.59. The lowest BCUT2D eigenvalue weighted by atomic mass is 10.1. The van der Waals surface area contributed by atoms with Crippen molar-refractivity contribution in [3.8, 4) is 0 Å². The number of nitrogens with two attached hydrogens (primary N) is 1. The first-order valence-electron chi connectivity index (χ1n) is 5.41. The number of hydrogen-bond donors (Lipinski definition) is 2. The molecule has 1 aromatic rings. The van der Waals surface area contributed by atoms with Crippen molar-refractivity contribution in [2.45, 2.75) is 25.4 Å². The van der Waals surface area contributed by atoms with E-state index in [1.54, 1.807) is 0 Å². The van der Waals surface area contributed by atoms with Gasteiger partial charge in [0.1, 0.15) is 5.69 Å². The molecule has 0 amide bonds. The summed E-state index contributed by atoms with van der Waals surface area (Å²) < 4.78 is 1.51. The second-order valence-corrected chi connectivity index (χ2v) is 4.21. The smallest absolute Gasteiger partial charge is 0.329 e. The summed E-state index contributed by atoms with van der Waals surface area (Å²) in [4.78, 5) is 27.1. The van der Waals surface area contributed by atoms with Crippen molar-refractivity contribution >= 4 is 5.69 Å². The quantitative estimate of drug-likeness (QED) is 0.688. The predicted molar refractivity (Wildman–Crippen MR) is 61.3 cm³/mol. The zero-order chi connectivity index (χ0) is 11.7. The van der Waals surface area contributed by atoms with Gasteiger partial charge in [-0.25, -0.2) is 4.79 Å². The summed E-state index contributed by atoms with van der Waals surface area (Å²) in [5, 5.41) is 0. The lowest BCUT2D eigenvalue weighted by Gasteiger charge is -2.33. The average Bonchev–Trinajstić information content (AvgIpc) is 2.25. The molecule has 0 spiro atoms. The summed E-state index contributed by atoms with van der Waals surface area (Å²) in [6, 6.07) is 0. The van der Waals surface area contributed by atoms with E-state index >= 15 is 0 Å². The number of likely N-dealkylation sites (tertiary alicyclic amines) is 1. The second kappa shape index (κ2) is 4.13. The third-order valence-corrected chi connectivity index (χ3v) is 3.05. The Morgan fingerprint density at radius 2 is 2.19 bits per heavy atom. The monoisotopic (exact) mass is 224 g/mol. The topological polar surface area (TPSA) is 84.1 Å². The molecule has 1 aliphatic heterocycles. The van der Waals surface area contributed by atoms with Crippen LogP contribution in [0.15, 0.2) is 15.8 Å². The Morgan fingerprint density at radius 3 is 2.88 bits per heavy atom. The van der Waals surface area contributed by atoms with E-state index in [9.17, 15) is 9.59 Å². The number of nitrogens with one attached hydrogen (secondary N) is 1. The SMILES string of the molecule is CN1CCCCC1n1cc(N)c(=O)[nH]c1=O. The van der Waals surface area contributed by atoms with Gasteiger partial charge in [-0.05, 0) is 32.9 Å². The Labute approximate surface area is 92.7 Å². The third-order valence-electron chi connectivity index (χ3n) is 3.05. The molecule has 1 fully saturated rings. The van der Waals surface area contributed by atoms with Crippen molar-refractivity contribution in [1.82, 2.24) is 14.5 Å². The summed E-state index contributed by atoms with van der Waals surface area (Å²) in [6.07, 6.45) is 4.57. The van der Waals surface area contributed by atoms with Crippen LogP contribution in [0.1, 0.15) is 25.4 Å². The van der Waals surface area contributed by atoms with Gasteiger partial charge in [-0.2, -0.15) is 0 Å². The van der Waals surface area contributed by atoms with Gasteiger partial charge >= 0.3 is 5.69 Å². The molecule has 1 aliphatic rings. The van der Waals surface area contributed by atoms with Crippen LogP contribution in [-0.4, -0.2) is 28.0 Å². The van der Waals surface area contributed by atoms with Crippen LogP contribution in [0.25, 0.3) is 0 Å². The van der Waals surface area contributed by atoms with Crippen LogP contribution in [0.2, 0.25) is 0 Å². The van der Waals surface area contributed by atoms with E-state index in [1.807, 2.05) is 7.05 Å². The lowest BCUT2D eigenvalue weighted by Crippen LogP contribution is -2.41. The maximum Gasteiger partial charge on any atom is 0.329 e. The van der Waals surface area contributed by atoms with E-state index in [2.05, 4.69) is 9.88 Å². The fourth-order valence-corrected chi connectivity index (χ4v) is 2.13. The van der Waals surface area contributed by atoms with E-state index in [1.165, 1.54) is 10.8 Å². The van der Waals surface area contributed by atoms with Crippen LogP contribution in [0.5, 0.6) is 0 Å². The lowest BCUT2D eigenvalue weighted by molar-refractivity contribution is 0.122. The van der Waals surface area contributed by atoms with Crippen molar-refractivity contribution in [2.24, 2.45) is 0 Å². The Bertz CT molecular complexity index is 490. The Morgan fingerprint density at radius 1 is 1.44 bits per heavy atom. The Balaban J connectivity index is 2.43. The predicted octanol–water partition coefficient (Wildman–Crippen LogP) is -0.267. The number of nitrogen functional groups attached to an aromatic ring is 1. The normalized spacial score (nSPS) is 22.2. The van der Waals surface area contributed by atoms with Crippen molar-refractivity contribution in [3.05, 3.63) is 27.0 Å². The number of H-pyrrole nitrogens is 1. The Kier molecular flexibility index (Phi) is 2.82. The molecular formula is C10H16N4O2. The van der Waals surface area contributed by atoms with Gasteiger partial charge in [0.2, 0.25) is 0 Å². The van der Waals surface area contributed by atoms with Crippen LogP contribution >= 0.6 is 0 Å². The van der Waals surface area contributed by atoms with E-state index in [0.29, 0.717) is 0 Å². The molecule has 88 valence electrons. The van der Waals surface area contributed by atoms with E-state index in [0.717, 1.165) is 25.8 Å². The van der Waals surface area contributed by atoms with Crippen molar-refractivity contribution in [3.63, 3.8) is 0 Å². The Hall–Kier alpha value is -1.56. The van der Waals surface area contributed by atoms with Gasteiger partial charge < -0.3 is 5.73 Å². The van der Waals surface area contributed by atoms with Crippen LogP contribution < -0.4 is 17.0 Å². The van der Waals surface area contributed by atoms with Crippen LogP contribution in [0.3, 0.4) is 0 Å².